The number of hydrogen-bond acceptors (Lipinski definition) is 5. The van der Waals surface area contributed by atoms with E-state index in [0.29, 0.717) is 18.5 Å². The SMILES string of the molecule is Cn1nc(C(N)=O)c2c1-c1nc([S+](C)[O-])ncc1CC2. The Kier molecular flexibility index (Phi) is 2.98. The first-order valence-corrected chi connectivity index (χ1v) is 7.60. The fourth-order valence-electron chi connectivity index (χ4n) is 2.48. The van der Waals surface area contributed by atoms with Gasteiger partial charge < -0.3 is 10.3 Å². The van der Waals surface area contributed by atoms with Crippen molar-refractivity contribution in [2.75, 3.05) is 6.26 Å². The number of fused-ring (bicyclic) bond motifs is 3. The molecule has 1 atom stereocenters. The molecule has 2 N–H and O–H groups in total. The molecule has 0 saturated carbocycles. The van der Waals surface area contributed by atoms with E-state index in [1.54, 1.807) is 17.9 Å². The number of carbonyl (C=O) groups is 1. The zero-order valence-electron chi connectivity index (χ0n) is 11.1. The third kappa shape index (κ3) is 1.88. The first-order valence-electron chi connectivity index (χ1n) is 6.04. The maximum absolute atomic E-state index is 11.5. The molecular weight excluding hydrogens is 278 g/mol. The van der Waals surface area contributed by atoms with E-state index in [9.17, 15) is 9.35 Å². The van der Waals surface area contributed by atoms with Gasteiger partial charge in [-0.3, -0.25) is 9.48 Å². The third-order valence-electron chi connectivity index (χ3n) is 3.35. The zero-order valence-corrected chi connectivity index (χ0v) is 11.9. The summed E-state index contributed by atoms with van der Waals surface area (Å²) in [7, 11) is 1.74. The fourth-order valence-corrected chi connectivity index (χ4v) is 2.90. The lowest BCUT2D eigenvalue weighted by atomic mass is 9.93. The van der Waals surface area contributed by atoms with Gasteiger partial charge in [0.2, 0.25) is 0 Å². The van der Waals surface area contributed by atoms with E-state index in [-0.39, 0.29) is 10.9 Å². The summed E-state index contributed by atoms with van der Waals surface area (Å²) in [6, 6.07) is 0. The monoisotopic (exact) mass is 291 g/mol. The van der Waals surface area contributed by atoms with Crippen LogP contribution in [0.5, 0.6) is 0 Å². The van der Waals surface area contributed by atoms with Gasteiger partial charge in [-0.2, -0.15) is 15.1 Å². The van der Waals surface area contributed by atoms with Gasteiger partial charge in [0.15, 0.2) is 5.69 Å². The molecule has 8 heteroatoms. The van der Waals surface area contributed by atoms with Gasteiger partial charge in [0.25, 0.3) is 5.91 Å². The van der Waals surface area contributed by atoms with Crippen LogP contribution in [0.2, 0.25) is 0 Å². The highest BCUT2D eigenvalue weighted by Crippen LogP contribution is 2.33. The molecule has 1 unspecified atom stereocenters. The van der Waals surface area contributed by atoms with Crippen LogP contribution in [0.15, 0.2) is 11.4 Å². The third-order valence-corrected chi connectivity index (χ3v) is 4.06. The number of rotatable bonds is 2. The van der Waals surface area contributed by atoms with Crippen LogP contribution < -0.4 is 5.73 Å². The average molecular weight is 291 g/mol. The molecule has 104 valence electrons. The Bertz CT molecular complexity index is 710. The fraction of sp³-hybridized carbons (Fsp3) is 0.333. The smallest absolute Gasteiger partial charge is 0.343 e. The quantitative estimate of drug-likeness (QED) is 0.609. The highest BCUT2D eigenvalue weighted by Gasteiger charge is 2.28. The molecule has 2 heterocycles. The van der Waals surface area contributed by atoms with E-state index in [4.69, 9.17) is 5.73 Å². The number of hydrogen-bond donors (Lipinski definition) is 1. The number of nitrogens with zero attached hydrogens (tertiary/aromatic N) is 4. The number of aryl methyl sites for hydroxylation is 2. The van der Waals surface area contributed by atoms with Gasteiger partial charge in [-0.1, -0.05) is 0 Å². The summed E-state index contributed by atoms with van der Waals surface area (Å²) in [6.45, 7) is 0. The Morgan fingerprint density at radius 2 is 2.25 bits per heavy atom. The Morgan fingerprint density at radius 3 is 2.90 bits per heavy atom. The van der Waals surface area contributed by atoms with E-state index >= 15 is 0 Å². The standard InChI is InChI=1S/C12H13N5O2S/c1-17-10-7(9(16-17)11(13)18)4-3-6-5-14-12(20(2)19)15-8(6)10/h5H,3-4H2,1-2H3,(H2,13,18). The van der Waals surface area contributed by atoms with Crippen molar-refractivity contribution in [1.82, 2.24) is 19.7 Å². The molecule has 0 aliphatic heterocycles. The Balaban J connectivity index is 2.24. The number of primary amides is 1. The molecule has 0 bridgehead atoms. The van der Waals surface area contributed by atoms with Crippen LogP contribution in [0.3, 0.4) is 0 Å². The maximum atomic E-state index is 11.5. The molecule has 0 spiro atoms. The molecule has 0 saturated heterocycles. The van der Waals surface area contributed by atoms with Crippen molar-refractivity contribution in [3.05, 3.63) is 23.0 Å². The molecule has 0 radical (unpaired) electrons. The van der Waals surface area contributed by atoms with Gasteiger partial charge in [0, 0.05) is 30.0 Å². The molecule has 2 aromatic heterocycles. The van der Waals surface area contributed by atoms with Crippen LogP contribution in [0.1, 0.15) is 21.6 Å². The lowest BCUT2D eigenvalue weighted by Crippen LogP contribution is -2.16. The van der Waals surface area contributed by atoms with Crippen LogP contribution in [0.25, 0.3) is 11.4 Å². The largest absolute Gasteiger partial charge is 0.609 e. The van der Waals surface area contributed by atoms with Gasteiger partial charge in [-0.15, -0.1) is 0 Å². The number of aromatic nitrogens is 4. The molecule has 1 aliphatic carbocycles. The van der Waals surface area contributed by atoms with E-state index < -0.39 is 17.1 Å². The van der Waals surface area contributed by atoms with Crippen molar-refractivity contribution >= 4 is 17.1 Å². The molecule has 20 heavy (non-hydrogen) atoms. The maximum Gasteiger partial charge on any atom is 0.343 e. The van der Waals surface area contributed by atoms with Gasteiger partial charge in [0.05, 0.1) is 5.69 Å². The summed E-state index contributed by atoms with van der Waals surface area (Å²) < 4.78 is 13.1. The Morgan fingerprint density at radius 1 is 1.50 bits per heavy atom. The molecule has 0 fully saturated rings. The first kappa shape index (κ1) is 13.1. The van der Waals surface area contributed by atoms with Crippen LogP contribution in [0, 0.1) is 0 Å². The van der Waals surface area contributed by atoms with Crippen molar-refractivity contribution in [3.8, 4) is 11.4 Å². The molecule has 7 nitrogen and oxygen atoms in total. The average Bonchev–Trinajstić information content (AvgIpc) is 2.76. The van der Waals surface area contributed by atoms with Gasteiger partial charge in [0.1, 0.15) is 11.9 Å². The summed E-state index contributed by atoms with van der Waals surface area (Å²) in [5, 5.41) is 4.45. The lowest BCUT2D eigenvalue weighted by molar-refractivity contribution is 0.0994. The molecule has 0 aromatic carbocycles. The van der Waals surface area contributed by atoms with Crippen molar-refractivity contribution in [3.63, 3.8) is 0 Å². The Labute approximate surface area is 118 Å². The second-order valence-corrected chi connectivity index (χ2v) is 5.92. The zero-order chi connectivity index (χ0) is 14.4. The van der Waals surface area contributed by atoms with Crippen LogP contribution in [-0.4, -0.2) is 36.5 Å². The predicted octanol–water partition coefficient (Wildman–Crippen LogP) is -0.188. The molecule has 1 aliphatic rings. The second kappa shape index (κ2) is 4.57. The highest BCUT2D eigenvalue weighted by atomic mass is 32.2. The van der Waals surface area contributed by atoms with Crippen LogP contribution in [-0.2, 0) is 31.1 Å². The van der Waals surface area contributed by atoms with Gasteiger partial charge in [-0.25, -0.2) is 0 Å². The first-order chi connectivity index (χ1) is 9.49. The summed E-state index contributed by atoms with van der Waals surface area (Å²) in [5.41, 5.74) is 8.85. The van der Waals surface area contributed by atoms with Gasteiger partial charge in [-0.05, 0) is 18.4 Å². The van der Waals surface area contributed by atoms with Crippen molar-refractivity contribution in [2.24, 2.45) is 12.8 Å². The topological polar surface area (TPSA) is 110 Å². The highest BCUT2D eigenvalue weighted by molar-refractivity contribution is 7.90. The number of nitrogens with two attached hydrogens (primary N) is 1. The van der Waals surface area contributed by atoms with E-state index in [0.717, 1.165) is 16.8 Å². The summed E-state index contributed by atoms with van der Waals surface area (Å²) in [6.07, 6.45) is 4.61. The van der Waals surface area contributed by atoms with E-state index in [2.05, 4.69) is 15.1 Å². The normalized spacial score (nSPS) is 14.6. The molecular formula is C12H13N5O2S. The van der Waals surface area contributed by atoms with E-state index in [1.807, 2.05) is 0 Å². The summed E-state index contributed by atoms with van der Waals surface area (Å²) >= 11 is -1.26. The summed E-state index contributed by atoms with van der Waals surface area (Å²) in [4.78, 5) is 19.9. The van der Waals surface area contributed by atoms with Crippen molar-refractivity contribution in [2.45, 2.75) is 18.0 Å². The predicted molar refractivity (Wildman–Crippen MR) is 72.5 cm³/mol. The molecule has 2 aromatic rings. The minimum Gasteiger partial charge on any atom is -0.609 e. The number of amides is 1. The van der Waals surface area contributed by atoms with Crippen LogP contribution >= 0.6 is 0 Å². The van der Waals surface area contributed by atoms with Gasteiger partial charge >= 0.3 is 5.16 Å². The Hall–Kier alpha value is -1.93. The minimum absolute atomic E-state index is 0.276. The minimum atomic E-state index is -1.26. The van der Waals surface area contributed by atoms with Crippen molar-refractivity contribution < 1.29 is 9.35 Å². The van der Waals surface area contributed by atoms with Crippen molar-refractivity contribution in [1.29, 1.82) is 0 Å². The van der Waals surface area contributed by atoms with E-state index in [1.165, 1.54) is 6.26 Å². The summed E-state index contributed by atoms with van der Waals surface area (Å²) in [5.74, 6) is -0.543. The second-order valence-electron chi connectivity index (χ2n) is 4.64. The molecule has 3 rings (SSSR count). The molecule has 1 amide bonds. The lowest BCUT2D eigenvalue weighted by Gasteiger charge is -2.16. The number of carbonyl (C=O) groups excluding carboxylic acids is 1. The van der Waals surface area contributed by atoms with Crippen LogP contribution in [0.4, 0.5) is 0 Å².